The molecular formula is C54H63O16P. The minimum atomic E-state index is -4.81. The average Bonchev–Trinajstić information content (AvgIpc) is 3.37. The summed E-state index contributed by atoms with van der Waals surface area (Å²) in [7, 11) is -4.81. The van der Waals surface area contributed by atoms with Gasteiger partial charge >= 0.3 is 43.6 Å². The number of hydrogen-bond donors (Lipinski definition) is 0. The van der Waals surface area contributed by atoms with Crippen LogP contribution in [0.3, 0.4) is 0 Å². The number of phosphoric acid groups is 1. The minimum Gasteiger partial charge on any atom is -0.463 e. The number of carbonyl (C=O) groups excluding carboxylic acids is 6. The molecule has 0 radical (unpaired) electrons. The Morgan fingerprint density at radius 2 is 0.563 bits per heavy atom. The normalized spacial score (nSPS) is 10.6. The van der Waals surface area contributed by atoms with E-state index >= 15 is 4.57 Å². The van der Waals surface area contributed by atoms with Gasteiger partial charge in [-0.1, -0.05) is 75.9 Å². The smallest absolute Gasteiger partial charge is 0.463 e. The van der Waals surface area contributed by atoms with Gasteiger partial charge < -0.3 is 42.0 Å². The fraction of sp³-hybridized carbons (Fsp3) is 0.333. The molecule has 0 unspecified atom stereocenters. The van der Waals surface area contributed by atoms with Gasteiger partial charge in [0.2, 0.25) is 0 Å². The number of benzene rings is 3. The van der Waals surface area contributed by atoms with E-state index in [1.165, 1.54) is 0 Å². The van der Waals surface area contributed by atoms with Crippen LogP contribution in [0.1, 0.15) is 71.9 Å². The Hall–Kier alpha value is -7.45. The third-order valence-electron chi connectivity index (χ3n) is 10.1. The number of aryl methyl sites for hydroxylation is 6. The number of carbonyl (C=O) groups is 6. The van der Waals surface area contributed by atoms with Crippen LogP contribution in [0.15, 0.2) is 131 Å². The number of esters is 6. The van der Waals surface area contributed by atoms with Crippen LogP contribution in [-0.2, 0) is 100 Å². The third kappa shape index (κ3) is 22.7. The van der Waals surface area contributed by atoms with E-state index in [2.05, 4.69) is 39.5 Å². The molecule has 0 saturated carbocycles. The summed E-state index contributed by atoms with van der Waals surface area (Å²) in [6.07, 6.45) is 11.3. The second kappa shape index (κ2) is 32.4. The fourth-order valence-electron chi connectivity index (χ4n) is 6.64. The molecule has 0 spiro atoms. The lowest BCUT2D eigenvalue weighted by atomic mass is 10.0. The van der Waals surface area contributed by atoms with Gasteiger partial charge in [0.1, 0.15) is 17.2 Å². The van der Waals surface area contributed by atoms with Crippen molar-refractivity contribution in [1.29, 1.82) is 0 Å². The van der Waals surface area contributed by atoms with Crippen LogP contribution in [-0.4, -0.2) is 75.5 Å². The molecule has 0 bridgehead atoms. The van der Waals surface area contributed by atoms with E-state index in [9.17, 15) is 28.8 Å². The van der Waals surface area contributed by atoms with E-state index in [0.717, 1.165) is 53.1 Å². The van der Waals surface area contributed by atoms with Crippen LogP contribution in [0.5, 0.6) is 17.2 Å². The molecule has 380 valence electrons. The van der Waals surface area contributed by atoms with Crippen LogP contribution in [0.4, 0.5) is 0 Å². The van der Waals surface area contributed by atoms with Gasteiger partial charge in [-0.05, 0) is 129 Å². The predicted octanol–water partition coefficient (Wildman–Crippen LogP) is 9.30. The SMILES string of the molecule is C=CC(=O)OCCCc1ccc(OP(=O)(Oc2ccc(CCCOC(=O)C=C)cc2CCCOC(=O)C=C)Oc2ccc(CCCOC(=O)C=C)cc2CCCOC(=O)C=C)c(CCCOC(=O)C=C)c1. The van der Waals surface area contributed by atoms with Gasteiger partial charge in [-0.15, -0.1) is 0 Å². The Morgan fingerprint density at radius 1 is 0.352 bits per heavy atom. The molecule has 0 aliphatic rings. The highest BCUT2D eigenvalue weighted by atomic mass is 31.2. The maximum atomic E-state index is 15.6. The monoisotopic (exact) mass is 998 g/mol. The van der Waals surface area contributed by atoms with E-state index < -0.39 is 43.6 Å². The first-order valence-electron chi connectivity index (χ1n) is 23.0. The zero-order valence-corrected chi connectivity index (χ0v) is 41.0. The van der Waals surface area contributed by atoms with Crippen LogP contribution in [0, 0.1) is 0 Å². The maximum Gasteiger partial charge on any atom is 0.647 e. The van der Waals surface area contributed by atoms with Gasteiger partial charge in [0, 0.05) is 36.5 Å². The fourth-order valence-corrected chi connectivity index (χ4v) is 8.01. The van der Waals surface area contributed by atoms with Crippen molar-refractivity contribution in [2.75, 3.05) is 39.6 Å². The number of ether oxygens (including phenoxy) is 6. The molecule has 0 amide bonds. The molecule has 0 N–H and O–H groups in total. The summed E-state index contributed by atoms with van der Waals surface area (Å²) in [4.78, 5) is 70.6. The molecule has 3 rings (SSSR count). The zero-order chi connectivity index (χ0) is 51.9. The van der Waals surface area contributed by atoms with Gasteiger partial charge in [0.05, 0.1) is 39.6 Å². The van der Waals surface area contributed by atoms with Crippen molar-refractivity contribution >= 4 is 43.6 Å². The largest absolute Gasteiger partial charge is 0.647 e. The van der Waals surface area contributed by atoms with E-state index in [-0.39, 0.29) is 76.2 Å². The molecule has 0 atom stereocenters. The van der Waals surface area contributed by atoms with Crippen molar-refractivity contribution in [2.45, 2.75) is 77.0 Å². The minimum absolute atomic E-state index is 0.0414. The van der Waals surface area contributed by atoms with Crippen molar-refractivity contribution < 1.29 is 75.3 Å². The highest BCUT2D eigenvalue weighted by molar-refractivity contribution is 7.49. The Morgan fingerprint density at radius 3 is 0.775 bits per heavy atom. The van der Waals surface area contributed by atoms with E-state index in [1.54, 1.807) is 36.4 Å². The molecule has 0 fully saturated rings. The van der Waals surface area contributed by atoms with Crippen molar-refractivity contribution in [3.8, 4) is 17.2 Å². The van der Waals surface area contributed by atoms with Gasteiger partial charge in [-0.25, -0.2) is 28.8 Å². The summed E-state index contributed by atoms with van der Waals surface area (Å²) in [5, 5.41) is 0. The lowest BCUT2D eigenvalue weighted by Gasteiger charge is -2.24. The number of phosphoric ester groups is 1. The third-order valence-corrected chi connectivity index (χ3v) is 11.3. The summed E-state index contributed by atoms with van der Waals surface area (Å²) in [6, 6.07) is 15.7. The number of hydrogen-bond acceptors (Lipinski definition) is 16. The molecule has 16 nitrogen and oxygen atoms in total. The van der Waals surface area contributed by atoms with Gasteiger partial charge in [0.15, 0.2) is 0 Å². The summed E-state index contributed by atoms with van der Waals surface area (Å²) in [5.74, 6) is -2.99. The molecule has 0 aliphatic carbocycles. The Labute approximate surface area is 415 Å². The highest BCUT2D eigenvalue weighted by Crippen LogP contribution is 2.52. The average molecular weight is 999 g/mol. The number of rotatable bonds is 36. The van der Waals surface area contributed by atoms with E-state index in [4.69, 9.17) is 42.0 Å². The second-order valence-electron chi connectivity index (χ2n) is 15.4. The first-order chi connectivity index (χ1) is 34.2. The van der Waals surface area contributed by atoms with Gasteiger partial charge in [0.25, 0.3) is 0 Å². The van der Waals surface area contributed by atoms with Crippen LogP contribution in [0.2, 0.25) is 0 Å². The van der Waals surface area contributed by atoms with Crippen molar-refractivity contribution in [2.24, 2.45) is 0 Å². The van der Waals surface area contributed by atoms with Crippen LogP contribution >= 0.6 is 7.82 Å². The molecule has 0 aliphatic heterocycles. The highest BCUT2D eigenvalue weighted by Gasteiger charge is 2.36. The summed E-state index contributed by atoms with van der Waals surface area (Å²) in [6.45, 7) is 21.2. The van der Waals surface area contributed by atoms with Crippen LogP contribution in [0.25, 0.3) is 0 Å². The molecule has 0 aromatic heterocycles. The Kier molecular flexibility index (Phi) is 26.4. The van der Waals surface area contributed by atoms with Crippen LogP contribution < -0.4 is 13.6 Å². The topological polar surface area (TPSA) is 203 Å². The van der Waals surface area contributed by atoms with E-state index in [0.29, 0.717) is 74.5 Å². The first-order valence-corrected chi connectivity index (χ1v) is 24.5. The lowest BCUT2D eigenvalue weighted by Crippen LogP contribution is -2.12. The van der Waals surface area contributed by atoms with Gasteiger partial charge in [-0.2, -0.15) is 4.57 Å². The summed E-state index contributed by atoms with van der Waals surface area (Å²) in [5.41, 5.74) is 4.23. The molecule has 3 aromatic carbocycles. The quantitative estimate of drug-likeness (QED) is 0.0175. The Balaban J connectivity index is 2.16. The van der Waals surface area contributed by atoms with Crippen molar-refractivity contribution in [3.63, 3.8) is 0 Å². The molecular weight excluding hydrogens is 936 g/mol. The van der Waals surface area contributed by atoms with Crippen molar-refractivity contribution in [1.82, 2.24) is 0 Å². The zero-order valence-electron chi connectivity index (χ0n) is 40.1. The second-order valence-corrected chi connectivity index (χ2v) is 16.8. The molecule has 0 heterocycles. The Bertz CT molecular complexity index is 2140. The maximum absolute atomic E-state index is 15.6. The first kappa shape index (κ1) is 57.9. The summed E-state index contributed by atoms with van der Waals surface area (Å²) < 4.78 is 66.1. The molecule has 0 saturated heterocycles. The van der Waals surface area contributed by atoms with Crippen molar-refractivity contribution in [3.05, 3.63) is 164 Å². The molecule has 17 heteroatoms. The van der Waals surface area contributed by atoms with Gasteiger partial charge in [-0.3, -0.25) is 0 Å². The lowest BCUT2D eigenvalue weighted by molar-refractivity contribution is -0.138. The summed E-state index contributed by atoms with van der Waals surface area (Å²) >= 11 is 0. The van der Waals surface area contributed by atoms with E-state index in [1.807, 2.05) is 18.2 Å². The molecule has 3 aromatic rings. The standard InChI is InChI=1S/C54H63O16P/c1-7-49(55)62-31-13-19-40-25-28-46(43(37-40)22-16-34-65-52(58)10-4)68-71(61,69-47-29-26-41(20-14-32-63-50(56)8-2)38-44(47)23-17-35-66-53(59)11-5)70-48-30-27-42(21-15-33-64-51(57)9-3)39-45(48)24-18-36-67-54(60)12-6/h7-12,25-30,37-39H,1-6,13-24,31-36H2. The predicted molar refractivity (Wildman–Crippen MR) is 266 cm³/mol. The molecule has 71 heavy (non-hydrogen) atoms.